The molecule has 1 rings (SSSR count). The number of rotatable bonds is 3. The summed E-state index contributed by atoms with van der Waals surface area (Å²) in [4.78, 5) is 2.13. The van der Waals surface area contributed by atoms with Crippen molar-refractivity contribution in [3.8, 4) is 0 Å². The van der Waals surface area contributed by atoms with Gasteiger partial charge in [0.2, 0.25) is 0 Å². The zero-order valence-electron chi connectivity index (χ0n) is 10.6. The first-order valence-electron chi connectivity index (χ1n) is 5.45. The van der Waals surface area contributed by atoms with Gasteiger partial charge in [0.1, 0.15) is 0 Å². The fourth-order valence-corrected chi connectivity index (χ4v) is 4.21. The first-order valence-corrected chi connectivity index (χ1v) is 6.99. The molecule has 0 radical (unpaired) electrons. The van der Waals surface area contributed by atoms with Gasteiger partial charge in [-0.05, 0) is 14.0 Å². The smallest absolute Gasteiger partial charge is 0.361 e. The van der Waals surface area contributed by atoms with E-state index in [-0.39, 0.29) is 12.0 Å². The van der Waals surface area contributed by atoms with E-state index in [0.29, 0.717) is 13.0 Å². The van der Waals surface area contributed by atoms with Crippen LogP contribution >= 0.6 is 7.60 Å². The molecular formula is C10H22NO4P. The highest BCUT2D eigenvalue weighted by Gasteiger charge is 2.55. The SMILES string of the molecule is COP(=O)(OC)[C@@]1(O)C[C@H](C)N(C)C[C@@H]1C. The number of hydrogen-bond donors (Lipinski definition) is 1. The Labute approximate surface area is 97.3 Å². The Morgan fingerprint density at radius 2 is 1.88 bits per heavy atom. The van der Waals surface area contributed by atoms with Crippen molar-refractivity contribution in [2.24, 2.45) is 5.92 Å². The summed E-state index contributed by atoms with van der Waals surface area (Å²) < 4.78 is 22.3. The lowest BCUT2D eigenvalue weighted by atomic mass is 9.91. The third-order valence-electron chi connectivity index (χ3n) is 3.65. The van der Waals surface area contributed by atoms with Crippen molar-refractivity contribution in [3.63, 3.8) is 0 Å². The Balaban J connectivity index is 3.03. The zero-order chi connectivity index (χ0) is 12.6. The molecular weight excluding hydrogens is 229 g/mol. The lowest BCUT2D eigenvalue weighted by Gasteiger charge is -2.47. The second kappa shape index (κ2) is 4.75. The lowest BCUT2D eigenvalue weighted by Crippen LogP contribution is -2.53. The highest BCUT2D eigenvalue weighted by Crippen LogP contribution is 2.63. The fraction of sp³-hybridized carbons (Fsp3) is 1.00. The van der Waals surface area contributed by atoms with E-state index in [1.54, 1.807) is 0 Å². The normalized spacial score (nSPS) is 37.6. The van der Waals surface area contributed by atoms with Gasteiger partial charge in [-0.15, -0.1) is 0 Å². The van der Waals surface area contributed by atoms with Gasteiger partial charge >= 0.3 is 7.60 Å². The third kappa shape index (κ3) is 2.07. The summed E-state index contributed by atoms with van der Waals surface area (Å²) >= 11 is 0. The quantitative estimate of drug-likeness (QED) is 0.771. The number of likely N-dealkylation sites (tertiary alicyclic amines) is 1. The van der Waals surface area contributed by atoms with Gasteiger partial charge in [0.05, 0.1) is 0 Å². The van der Waals surface area contributed by atoms with Crippen molar-refractivity contribution < 1.29 is 18.7 Å². The van der Waals surface area contributed by atoms with Gasteiger partial charge in [-0.25, -0.2) is 0 Å². The van der Waals surface area contributed by atoms with Crippen LogP contribution in [0.3, 0.4) is 0 Å². The van der Waals surface area contributed by atoms with Crippen LogP contribution < -0.4 is 0 Å². The van der Waals surface area contributed by atoms with Gasteiger partial charge in [0.15, 0.2) is 5.34 Å². The molecule has 0 aliphatic carbocycles. The summed E-state index contributed by atoms with van der Waals surface area (Å²) in [6.07, 6.45) is 0.392. The molecule has 96 valence electrons. The molecule has 1 aliphatic rings. The summed E-state index contributed by atoms with van der Waals surface area (Å²) in [5.41, 5.74) is 0. The van der Waals surface area contributed by atoms with Crippen LogP contribution in [-0.2, 0) is 13.6 Å². The van der Waals surface area contributed by atoms with Gasteiger partial charge in [0.25, 0.3) is 0 Å². The Hall–Kier alpha value is 0.0700. The largest absolute Gasteiger partial charge is 0.377 e. The third-order valence-corrected chi connectivity index (χ3v) is 6.19. The molecule has 1 heterocycles. The zero-order valence-corrected chi connectivity index (χ0v) is 11.5. The molecule has 0 amide bonds. The van der Waals surface area contributed by atoms with E-state index in [0.717, 1.165) is 0 Å². The summed E-state index contributed by atoms with van der Waals surface area (Å²) in [7, 11) is 1.17. The molecule has 3 atom stereocenters. The Morgan fingerprint density at radius 1 is 1.38 bits per heavy atom. The highest BCUT2D eigenvalue weighted by atomic mass is 31.2. The minimum Gasteiger partial charge on any atom is -0.377 e. The second-order valence-electron chi connectivity index (χ2n) is 4.63. The van der Waals surface area contributed by atoms with E-state index >= 15 is 0 Å². The average molecular weight is 251 g/mol. The number of aliphatic hydroxyl groups is 1. The standard InChI is InChI=1S/C10H22NO4P/c1-8-7-11(3)9(2)6-10(8,12)16(13,14-4)15-5/h8-9,12H,6-7H2,1-5H3/t8-,9-,10-/m0/s1. The Bertz CT molecular complexity index is 291. The molecule has 0 bridgehead atoms. The average Bonchev–Trinajstić information content (AvgIpc) is 2.25. The van der Waals surface area contributed by atoms with E-state index in [9.17, 15) is 9.67 Å². The molecule has 0 aromatic rings. The van der Waals surface area contributed by atoms with Crippen LogP contribution in [0.5, 0.6) is 0 Å². The Morgan fingerprint density at radius 3 is 2.31 bits per heavy atom. The molecule has 1 saturated heterocycles. The van der Waals surface area contributed by atoms with Crippen molar-refractivity contribution in [3.05, 3.63) is 0 Å². The molecule has 0 saturated carbocycles. The van der Waals surface area contributed by atoms with Crippen molar-refractivity contribution >= 4 is 7.60 Å². The molecule has 16 heavy (non-hydrogen) atoms. The topological polar surface area (TPSA) is 59.0 Å². The molecule has 5 nitrogen and oxygen atoms in total. The summed E-state index contributed by atoms with van der Waals surface area (Å²) in [6.45, 7) is 4.54. The lowest BCUT2D eigenvalue weighted by molar-refractivity contribution is -0.0376. The first-order chi connectivity index (χ1) is 7.30. The van der Waals surface area contributed by atoms with E-state index in [4.69, 9.17) is 9.05 Å². The van der Waals surface area contributed by atoms with Crippen LogP contribution in [-0.4, -0.2) is 49.2 Å². The van der Waals surface area contributed by atoms with Crippen molar-refractivity contribution in [1.82, 2.24) is 4.90 Å². The van der Waals surface area contributed by atoms with Crippen molar-refractivity contribution in [1.29, 1.82) is 0 Å². The number of nitrogens with zero attached hydrogens (tertiary/aromatic N) is 1. The van der Waals surface area contributed by atoms with Gasteiger partial charge in [0, 0.05) is 39.1 Å². The van der Waals surface area contributed by atoms with Crippen molar-refractivity contribution in [2.45, 2.75) is 31.7 Å². The van der Waals surface area contributed by atoms with Gasteiger partial charge in [-0.1, -0.05) is 6.92 Å². The van der Waals surface area contributed by atoms with Crippen LogP contribution in [0.15, 0.2) is 0 Å². The number of hydrogen-bond acceptors (Lipinski definition) is 5. The van der Waals surface area contributed by atoms with Gasteiger partial charge in [-0.3, -0.25) is 4.57 Å². The van der Waals surface area contributed by atoms with Crippen LogP contribution in [0.25, 0.3) is 0 Å². The van der Waals surface area contributed by atoms with Crippen LogP contribution in [0.2, 0.25) is 0 Å². The van der Waals surface area contributed by atoms with E-state index in [1.165, 1.54) is 14.2 Å². The maximum atomic E-state index is 12.4. The van der Waals surface area contributed by atoms with Crippen LogP contribution in [0, 0.1) is 5.92 Å². The fourth-order valence-electron chi connectivity index (χ4n) is 2.32. The minimum atomic E-state index is -3.46. The molecule has 6 heteroatoms. The summed E-state index contributed by atoms with van der Waals surface area (Å²) in [6, 6.07) is 0.153. The second-order valence-corrected chi connectivity index (χ2v) is 7.13. The van der Waals surface area contributed by atoms with Crippen LogP contribution in [0.4, 0.5) is 0 Å². The summed E-state index contributed by atoms with van der Waals surface area (Å²) in [5.74, 6) is -0.153. The molecule has 1 fully saturated rings. The predicted molar refractivity (Wildman–Crippen MR) is 62.4 cm³/mol. The highest BCUT2D eigenvalue weighted by molar-refractivity contribution is 7.55. The summed E-state index contributed by atoms with van der Waals surface area (Å²) in [5, 5.41) is 9.22. The molecule has 0 aromatic heterocycles. The minimum absolute atomic E-state index is 0.153. The van der Waals surface area contributed by atoms with Gasteiger partial charge < -0.3 is 19.1 Å². The molecule has 0 spiro atoms. The monoisotopic (exact) mass is 251 g/mol. The number of piperidine rings is 1. The molecule has 1 N–H and O–H groups in total. The van der Waals surface area contributed by atoms with Crippen molar-refractivity contribution in [2.75, 3.05) is 27.8 Å². The van der Waals surface area contributed by atoms with E-state index in [2.05, 4.69) is 4.90 Å². The van der Waals surface area contributed by atoms with E-state index in [1.807, 2.05) is 20.9 Å². The first kappa shape index (κ1) is 14.1. The predicted octanol–water partition coefficient (Wildman–Crippen LogP) is 1.52. The van der Waals surface area contributed by atoms with Gasteiger partial charge in [-0.2, -0.15) is 0 Å². The molecule has 1 aliphatic heterocycles. The van der Waals surface area contributed by atoms with Crippen LogP contribution in [0.1, 0.15) is 20.3 Å². The maximum Gasteiger partial charge on any atom is 0.361 e. The van der Waals surface area contributed by atoms with E-state index < -0.39 is 12.9 Å². The molecule has 0 aromatic carbocycles. The Kier molecular flexibility index (Phi) is 4.19. The maximum absolute atomic E-state index is 12.4. The molecule has 0 unspecified atom stereocenters.